The minimum Gasteiger partial charge on any atom is -0.299 e. The second-order valence-electron chi connectivity index (χ2n) is 5.45. The SMILES string of the molecule is CC(=O)C1(Cc2cc(C)nc3ccccc23)CC1. The number of benzene rings is 1. The van der Waals surface area contributed by atoms with E-state index in [-0.39, 0.29) is 5.41 Å². The first-order valence-corrected chi connectivity index (χ1v) is 6.47. The highest BCUT2D eigenvalue weighted by molar-refractivity contribution is 5.87. The van der Waals surface area contributed by atoms with Gasteiger partial charge in [-0.05, 0) is 50.8 Å². The van der Waals surface area contributed by atoms with Crippen molar-refractivity contribution in [1.82, 2.24) is 4.98 Å². The summed E-state index contributed by atoms with van der Waals surface area (Å²) in [6, 6.07) is 10.3. The molecule has 0 amide bonds. The molecule has 2 heteroatoms. The molecule has 1 aromatic heterocycles. The molecule has 0 N–H and O–H groups in total. The number of para-hydroxylation sites is 1. The predicted molar refractivity (Wildman–Crippen MR) is 72.5 cm³/mol. The fourth-order valence-corrected chi connectivity index (χ4v) is 2.71. The molecule has 2 aromatic rings. The van der Waals surface area contributed by atoms with Gasteiger partial charge >= 0.3 is 0 Å². The lowest BCUT2D eigenvalue weighted by molar-refractivity contribution is -0.121. The number of aromatic nitrogens is 1. The van der Waals surface area contributed by atoms with Crippen molar-refractivity contribution in [3.8, 4) is 0 Å². The van der Waals surface area contributed by atoms with Gasteiger partial charge in [-0.1, -0.05) is 18.2 Å². The molecule has 1 heterocycles. The number of aryl methyl sites for hydroxylation is 1. The Morgan fingerprint density at radius 3 is 2.72 bits per heavy atom. The zero-order valence-electron chi connectivity index (χ0n) is 10.9. The normalized spacial score (nSPS) is 16.8. The molecule has 1 aliphatic rings. The van der Waals surface area contributed by atoms with Crippen molar-refractivity contribution in [2.24, 2.45) is 5.41 Å². The Bertz CT molecular complexity index is 626. The summed E-state index contributed by atoms with van der Waals surface area (Å²) < 4.78 is 0. The topological polar surface area (TPSA) is 30.0 Å². The molecular weight excluding hydrogens is 222 g/mol. The van der Waals surface area contributed by atoms with E-state index in [1.165, 1.54) is 10.9 Å². The van der Waals surface area contributed by atoms with Gasteiger partial charge in [-0.15, -0.1) is 0 Å². The fraction of sp³-hybridized carbons (Fsp3) is 0.375. The summed E-state index contributed by atoms with van der Waals surface area (Å²) in [6.07, 6.45) is 2.95. The maximum absolute atomic E-state index is 11.7. The second kappa shape index (κ2) is 3.91. The number of hydrogen-bond acceptors (Lipinski definition) is 2. The van der Waals surface area contributed by atoms with Gasteiger partial charge in [0.15, 0.2) is 0 Å². The molecule has 1 fully saturated rings. The molecule has 3 rings (SSSR count). The Hall–Kier alpha value is -1.70. The first-order chi connectivity index (χ1) is 8.61. The first-order valence-electron chi connectivity index (χ1n) is 6.47. The number of nitrogens with zero attached hydrogens (tertiary/aromatic N) is 1. The van der Waals surface area contributed by atoms with Crippen LogP contribution >= 0.6 is 0 Å². The number of fused-ring (bicyclic) bond motifs is 1. The van der Waals surface area contributed by atoms with Crippen LogP contribution in [0.2, 0.25) is 0 Å². The van der Waals surface area contributed by atoms with Crippen LogP contribution in [0.3, 0.4) is 0 Å². The van der Waals surface area contributed by atoms with Crippen LogP contribution in [0, 0.1) is 12.3 Å². The molecule has 0 radical (unpaired) electrons. The van der Waals surface area contributed by atoms with E-state index in [1.54, 1.807) is 6.92 Å². The summed E-state index contributed by atoms with van der Waals surface area (Å²) in [7, 11) is 0. The van der Waals surface area contributed by atoms with Crippen LogP contribution in [0.5, 0.6) is 0 Å². The molecule has 0 aliphatic heterocycles. The van der Waals surface area contributed by atoms with E-state index in [0.717, 1.165) is 30.5 Å². The van der Waals surface area contributed by atoms with Gasteiger partial charge in [0.1, 0.15) is 5.78 Å². The number of hydrogen-bond donors (Lipinski definition) is 0. The standard InChI is InChI=1S/C16H17NO/c1-11-9-13(10-16(7-8-16)12(2)18)14-5-3-4-6-15(14)17-11/h3-6,9H,7-8,10H2,1-2H3. The second-order valence-corrected chi connectivity index (χ2v) is 5.45. The molecule has 1 aromatic carbocycles. The lowest BCUT2D eigenvalue weighted by Crippen LogP contribution is -2.15. The Morgan fingerprint density at radius 2 is 2.06 bits per heavy atom. The van der Waals surface area contributed by atoms with Crippen LogP contribution in [0.4, 0.5) is 0 Å². The molecule has 92 valence electrons. The third-order valence-electron chi connectivity index (χ3n) is 4.06. The van der Waals surface area contributed by atoms with Gasteiger partial charge in [-0.25, -0.2) is 0 Å². The third-order valence-corrected chi connectivity index (χ3v) is 4.06. The quantitative estimate of drug-likeness (QED) is 0.821. The number of carbonyl (C=O) groups is 1. The lowest BCUT2D eigenvalue weighted by Gasteiger charge is -2.14. The molecule has 1 saturated carbocycles. The Kier molecular flexibility index (Phi) is 2.47. The van der Waals surface area contributed by atoms with Gasteiger partial charge in [-0.2, -0.15) is 0 Å². The summed E-state index contributed by atoms with van der Waals surface area (Å²) in [5, 5.41) is 1.19. The molecule has 0 atom stereocenters. The first kappa shape index (κ1) is 11.4. The molecule has 2 nitrogen and oxygen atoms in total. The number of pyridine rings is 1. The van der Waals surface area contributed by atoms with Crippen molar-refractivity contribution in [1.29, 1.82) is 0 Å². The highest BCUT2D eigenvalue weighted by Gasteiger charge is 2.47. The number of Topliss-reactive ketones (excluding diaryl/α,β-unsaturated/α-hetero) is 1. The molecule has 0 spiro atoms. The van der Waals surface area contributed by atoms with Crippen LogP contribution in [-0.4, -0.2) is 10.8 Å². The van der Waals surface area contributed by atoms with Crippen molar-refractivity contribution >= 4 is 16.7 Å². The number of rotatable bonds is 3. The van der Waals surface area contributed by atoms with E-state index in [1.807, 2.05) is 25.1 Å². The summed E-state index contributed by atoms with van der Waals surface area (Å²) in [4.78, 5) is 16.3. The highest BCUT2D eigenvalue weighted by Crippen LogP contribution is 2.49. The van der Waals surface area contributed by atoms with Crippen LogP contribution in [-0.2, 0) is 11.2 Å². The molecular formula is C16H17NO. The van der Waals surface area contributed by atoms with Crippen molar-refractivity contribution in [3.05, 3.63) is 41.6 Å². The van der Waals surface area contributed by atoms with E-state index in [9.17, 15) is 4.79 Å². The van der Waals surface area contributed by atoms with E-state index < -0.39 is 0 Å². The summed E-state index contributed by atoms with van der Waals surface area (Å²) >= 11 is 0. The van der Waals surface area contributed by atoms with E-state index in [0.29, 0.717) is 5.78 Å². The van der Waals surface area contributed by atoms with E-state index in [4.69, 9.17) is 0 Å². The maximum Gasteiger partial charge on any atom is 0.136 e. The predicted octanol–water partition coefficient (Wildman–Crippen LogP) is 3.45. The Balaban J connectivity index is 2.09. The minimum atomic E-state index is -0.0729. The average Bonchev–Trinajstić information content (AvgIpc) is 3.10. The van der Waals surface area contributed by atoms with Gasteiger partial charge in [-0.3, -0.25) is 9.78 Å². The largest absolute Gasteiger partial charge is 0.299 e. The minimum absolute atomic E-state index is 0.0729. The van der Waals surface area contributed by atoms with Crippen molar-refractivity contribution in [3.63, 3.8) is 0 Å². The van der Waals surface area contributed by atoms with E-state index >= 15 is 0 Å². The van der Waals surface area contributed by atoms with Gasteiger partial charge in [0.25, 0.3) is 0 Å². The smallest absolute Gasteiger partial charge is 0.136 e. The van der Waals surface area contributed by atoms with Crippen LogP contribution in [0.1, 0.15) is 31.0 Å². The molecule has 1 aliphatic carbocycles. The molecule has 0 saturated heterocycles. The number of ketones is 1. The summed E-state index contributed by atoms with van der Waals surface area (Å²) in [6.45, 7) is 3.74. The lowest BCUT2D eigenvalue weighted by atomic mass is 9.91. The van der Waals surface area contributed by atoms with Crippen molar-refractivity contribution in [2.45, 2.75) is 33.1 Å². The van der Waals surface area contributed by atoms with Crippen LogP contribution in [0.15, 0.2) is 30.3 Å². The van der Waals surface area contributed by atoms with Gasteiger partial charge in [0, 0.05) is 16.5 Å². The Morgan fingerprint density at radius 1 is 1.33 bits per heavy atom. The highest BCUT2D eigenvalue weighted by atomic mass is 16.1. The van der Waals surface area contributed by atoms with Crippen molar-refractivity contribution < 1.29 is 4.79 Å². The molecule has 18 heavy (non-hydrogen) atoms. The average molecular weight is 239 g/mol. The zero-order chi connectivity index (χ0) is 12.8. The third kappa shape index (κ3) is 1.82. The van der Waals surface area contributed by atoms with Gasteiger partial charge in [0.2, 0.25) is 0 Å². The zero-order valence-corrected chi connectivity index (χ0v) is 10.9. The van der Waals surface area contributed by atoms with E-state index in [2.05, 4.69) is 17.1 Å². The molecule has 0 bridgehead atoms. The van der Waals surface area contributed by atoms with Crippen LogP contribution < -0.4 is 0 Å². The van der Waals surface area contributed by atoms with Gasteiger partial charge < -0.3 is 0 Å². The molecule has 0 unspecified atom stereocenters. The Labute approximate surface area is 107 Å². The summed E-state index contributed by atoms with van der Waals surface area (Å²) in [5.41, 5.74) is 3.26. The maximum atomic E-state index is 11.7. The fourth-order valence-electron chi connectivity index (χ4n) is 2.71. The summed E-state index contributed by atoms with van der Waals surface area (Å²) in [5.74, 6) is 0.334. The number of carbonyl (C=O) groups excluding carboxylic acids is 1. The monoisotopic (exact) mass is 239 g/mol. The van der Waals surface area contributed by atoms with Gasteiger partial charge in [0.05, 0.1) is 5.52 Å². The van der Waals surface area contributed by atoms with Crippen LogP contribution in [0.25, 0.3) is 10.9 Å². The van der Waals surface area contributed by atoms with Crippen molar-refractivity contribution in [2.75, 3.05) is 0 Å².